The lowest BCUT2D eigenvalue weighted by molar-refractivity contribution is -0.147. The smallest absolute Gasteiger partial charge is 0.324 e. The zero-order valence-corrected chi connectivity index (χ0v) is 22.7. The molecule has 2 atom stereocenters. The molecule has 0 saturated heterocycles. The molecule has 4 N–H and O–H groups in total. The number of anilines is 2. The number of fused-ring (bicyclic) bond motifs is 1. The van der Waals surface area contributed by atoms with E-state index in [4.69, 9.17) is 9.47 Å². The molecule has 3 aromatic rings. The van der Waals surface area contributed by atoms with Crippen LogP contribution in [0.4, 0.5) is 11.6 Å². The van der Waals surface area contributed by atoms with E-state index in [9.17, 15) is 22.8 Å². The van der Waals surface area contributed by atoms with E-state index in [1.807, 2.05) is 25.1 Å². The van der Waals surface area contributed by atoms with Gasteiger partial charge in [-0.25, -0.2) is 18.1 Å². The molecular weight excluding hydrogens is 538 g/mol. The van der Waals surface area contributed by atoms with Gasteiger partial charge in [0.1, 0.15) is 18.4 Å². The summed E-state index contributed by atoms with van der Waals surface area (Å²) in [5, 5.41) is 5.26. The van der Waals surface area contributed by atoms with E-state index in [1.165, 1.54) is 6.20 Å². The van der Waals surface area contributed by atoms with Gasteiger partial charge in [-0.3, -0.25) is 19.7 Å². The van der Waals surface area contributed by atoms with Crippen molar-refractivity contribution in [2.45, 2.75) is 51.4 Å². The highest BCUT2D eigenvalue weighted by atomic mass is 32.2. The maximum absolute atomic E-state index is 13.0. The lowest BCUT2D eigenvalue weighted by atomic mass is 10.0. The molecular formula is C27H31N5O7S. The molecule has 1 aliphatic heterocycles. The number of nitrogens with zero attached hydrogens (tertiary/aromatic N) is 1. The van der Waals surface area contributed by atoms with E-state index in [0.717, 1.165) is 5.56 Å². The predicted molar refractivity (Wildman–Crippen MR) is 147 cm³/mol. The number of H-pyrrole nitrogens is 1. The van der Waals surface area contributed by atoms with Crippen molar-refractivity contribution >= 4 is 39.4 Å². The van der Waals surface area contributed by atoms with Crippen molar-refractivity contribution in [1.29, 1.82) is 0 Å². The number of sulfonamides is 1. The Hall–Kier alpha value is -4.23. The van der Waals surface area contributed by atoms with E-state index < -0.39 is 40.0 Å². The minimum absolute atomic E-state index is 0.00413. The molecule has 0 saturated carbocycles. The van der Waals surface area contributed by atoms with Crippen LogP contribution in [-0.4, -0.2) is 54.1 Å². The quantitative estimate of drug-likeness (QED) is 0.228. The van der Waals surface area contributed by atoms with Gasteiger partial charge in [-0.2, -0.15) is 0 Å². The lowest BCUT2D eigenvalue weighted by Gasteiger charge is -2.26. The van der Waals surface area contributed by atoms with Crippen LogP contribution in [0.25, 0.3) is 0 Å². The third kappa shape index (κ3) is 8.13. The number of hydrogen-bond acceptors (Lipinski definition) is 8. The summed E-state index contributed by atoms with van der Waals surface area (Å²) in [6.07, 6.45) is 2.86. The summed E-state index contributed by atoms with van der Waals surface area (Å²) >= 11 is 0. The summed E-state index contributed by atoms with van der Waals surface area (Å²) in [6, 6.07) is 12.7. The van der Waals surface area contributed by atoms with Crippen molar-refractivity contribution in [2.75, 3.05) is 16.4 Å². The first-order chi connectivity index (χ1) is 19.2. The van der Waals surface area contributed by atoms with E-state index in [2.05, 4.69) is 25.3 Å². The number of imidazole rings is 1. The number of hydrogen-bond donors (Lipinski definition) is 4. The molecule has 1 aliphatic rings. The number of nitrogens with one attached hydrogen (secondary N) is 4. The molecule has 2 amide bonds. The fourth-order valence-corrected chi connectivity index (χ4v) is 5.39. The Morgan fingerprint density at radius 2 is 1.95 bits per heavy atom. The second-order valence-corrected chi connectivity index (χ2v) is 11.1. The van der Waals surface area contributed by atoms with Crippen LogP contribution in [0.1, 0.15) is 37.3 Å². The van der Waals surface area contributed by atoms with E-state index in [-0.39, 0.29) is 31.1 Å². The molecule has 13 heteroatoms. The van der Waals surface area contributed by atoms with Gasteiger partial charge >= 0.3 is 5.97 Å². The van der Waals surface area contributed by atoms with Crippen molar-refractivity contribution in [3.05, 3.63) is 72.1 Å². The van der Waals surface area contributed by atoms with Gasteiger partial charge in [-0.15, -0.1) is 0 Å². The molecule has 4 rings (SSSR count). The molecule has 40 heavy (non-hydrogen) atoms. The first kappa shape index (κ1) is 28.8. The van der Waals surface area contributed by atoms with Gasteiger partial charge < -0.3 is 19.8 Å². The third-order valence-electron chi connectivity index (χ3n) is 6.03. The Morgan fingerprint density at radius 3 is 2.67 bits per heavy atom. The average Bonchev–Trinajstić information content (AvgIpc) is 3.44. The number of aromatic nitrogens is 2. The molecule has 0 bridgehead atoms. The van der Waals surface area contributed by atoms with Crippen LogP contribution < -0.4 is 20.1 Å². The van der Waals surface area contributed by atoms with Crippen molar-refractivity contribution in [3.8, 4) is 5.75 Å². The Bertz CT molecular complexity index is 1430. The number of rotatable bonds is 13. The fraction of sp³-hybridized carbons (Fsp3) is 0.333. The first-order valence-electron chi connectivity index (χ1n) is 12.8. The number of carbonyl (C=O) groups is 3. The van der Waals surface area contributed by atoms with Gasteiger partial charge in [0.15, 0.2) is 6.10 Å². The van der Waals surface area contributed by atoms with Crippen LogP contribution in [0.15, 0.2) is 60.9 Å². The monoisotopic (exact) mass is 569 g/mol. The molecule has 2 aromatic carbocycles. The summed E-state index contributed by atoms with van der Waals surface area (Å²) in [5.74, 6) is -1.21. The number of esters is 1. The fourth-order valence-electron chi connectivity index (χ4n) is 3.99. The molecule has 1 unspecified atom stereocenters. The van der Waals surface area contributed by atoms with Gasteiger partial charge in [0.2, 0.25) is 21.9 Å². The number of amides is 2. The Labute approximate surface area is 231 Å². The maximum Gasteiger partial charge on any atom is 0.324 e. The topological polar surface area (TPSA) is 169 Å². The van der Waals surface area contributed by atoms with Crippen molar-refractivity contribution in [1.82, 2.24) is 14.7 Å². The molecule has 1 aromatic heterocycles. The highest BCUT2D eigenvalue weighted by Gasteiger charge is 2.31. The number of carbonyl (C=O) groups excluding carboxylic acids is 3. The molecule has 0 radical (unpaired) electrons. The Balaban J connectivity index is 1.44. The van der Waals surface area contributed by atoms with E-state index in [0.29, 0.717) is 29.8 Å². The second-order valence-electron chi connectivity index (χ2n) is 9.26. The van der Waals surface area contributed by atoms with Crippen molar-refractivity contribution in [2.24, 2.45) is 0 Å². The first-order valence-corrected chi connectivity index (χ1v) is 14.5. The average molecular weight is 570 g/mol. The minimum Gasteiger partial charge on any atom is -0.478 e. The number of aromatic amines is 1. The molecule has 212 valence electrons. The summed E-state index contributed by atoms with van der Waals surface area (Å²) in [5.41, 5.74) is 1.68. The number of unbranched alkanes of at least 4 members (excludes halogenated alkanes) is 1. The maximum atomic E-state index is 13.0. The normalized spacial score (nSPS) is 15.3. The van der Waals surface area contributed by atoms with E-state index >= 15 is 0 Å². The Kier molecular flexibility index (Phi) is 9.51. The third-order valence-corrected chi connectivity index (χ3v) is 7.50. The molecule has 2 heterocycles. The summed E-state index contributed by atoms with van der Waals surface area (Å²) in [6.45, 7) is 1.87. The summed E-state index contributed by atoms with van der Waals surface area (Å²) in [7, 11) is -3.74. The summed E-state index contributed by atoms with van der Waals surface area (Å²) in [4.78, 5) is 44.5. The SMILES string of the molecule is CCCCS(=O)(=O)N[C@@H](Cc1ccc2c(c1)NC(=O)C(CC(=O)Nc1ncc[nH]1)O2)C(=O)OCc1ccccc1. The molecule has 0 aliphatic carbocycles. The van der Waals surface area contributed by atoms with Gasteiger partial charge in [-0.1, -0.05) is 49.7 Å². The molecule has 0 spiro atoms. The largest absolute Gasteiger partial charge is 0.478 e. The summed E-state index contributed by atoms with van der Waals surface area (Å²) < 4.78 is 38.9. The van der Waals surface area contributed by atoms with Gasteiger partial charge in [0.05, 0.1) is 17.9 Å². The van der Waals surface area contributed by atoms with Gasteiger partial charge in [0.25, 0.3) is 5.91 Å². The van der Waals surface area contributed by atoms with Crippen LogP contribution >= 0.6 is 0 Å². The minimum atomic E-state index is -3.74. The van der Waals surface area contributed by atoms with Crippen LogP contribution in [0.5, 0.6) is 5.75 Å². The zero-order chi connectivity index (χ0) is 28.5. The van der Waals surface area contributed by atoms with E-state index in [1.54, 1.807) is 36.5 Å². The van der Waals surface area contributed by atoms with Gasteiger partial charge in [0, 0.05) is 12.4 Å². The lowest BCUT2D eigenvalue weighted by Crippen LogP contribution is -2.44. The second kappa shape index (κ2) is 13.2. The highest BCUT2D eigenvalue weighted by molar-refractivity contribution is 7.89. The standard InChI is InChI=1S/C27H31N5O7S/c1-2-3-13-40(36,37)32-21(26(35)38-17-18-7-5-4-6-8-18)15-19-9-10-22-20(14-19)30-25(34)23(39-22)16-24(33)31-27-28-11-12-29-27/h4-12,14,21,23,32H,2-3,13,15-17H2,1H3,(H,30,34)(H2,28,29,31,33)/t21-,23?/m0/s1. The van der Waals surface area contributed by atoms with Gasteiger partial charge in [-0.05, 0) is 36.1 Å². The van der Waals surface area contributed by atoms with Crippen molar-refractivity contribution < 1.29 is 32.3 Å². The highest BCUT2D eigenvalue weighted by Crippen LogP contribution is 2.32. The molecule has 12 nitrogen and oxygen atoms in total. The van der Waals surface area contributed by atoms with Crippen LogP contribution in [0.2, 0.25) is 0 Å². The van der Waals surface area contributed by atoms with Crippen LogP contribution in [0.3, 0.4) is 0 Å². The molecule has 0 fully saturated rings. The van der Waals surface area contributed by atoms with Crippen molar-refractivity contribution in [3.63, 3.8) is 0 Å². The number of ether oxygens (including phenoxy) is 2. The Morgan fingerprint density at radius 1 is 1.15 bits per heavy atom. The zero-order valence-electron chi connectivity index (χ0n) is 21.9. The van der Waals surface area contributed by atoms with Crippen LogP contribution in [-0.2, 0) is 42.2 Å². The predicted octanol–water partition coefficient (Wildman–Crippen LogP) is 2.51. The van der Waals surface area contributed by atoms with Crippen LogP contribution in [0, 0.1) is 0 Å². The number of benzene rings is 2.